The summed E-state index contributed by atoms with van der Waals surface area (Å²) in [6, 6.07) is 7.24. The number of halogens is 1. The first kappa shape index (κ1) is 12.4. The van der Waals surface area contributed by atoms with E-state index in [9.17, 15) is 14.7 Å². The van der Waals surface area contributed by atoms with Gasteiger partial charge in [0.2, 0.25) is 5.78 Å². The summed E-state index contributed by atoms with van der Waals surface area (Å²) in [5.41, 5.74) is -0.971. The summed E-state index contributed by atoms with van der Waals surface area (Å²) in [5, 5.41) is 10.1. The Bertz CT molecular complexity index is 656. The van der Waals surface area contributed by atoms with Crippen LogP contribution in [0, 0.1) is 6.92 Å². The van der Waals surface area contributed by atoms with Crippen LogP contribution >= 0.6 is 11.6 Å². The second-order valence-corrected chi connectivity index (χ2v) is 4.18. The number of carbonyl (C=O) groups is 1. The summed E-state index contributed by atoms with van der Waals surface area (Å²) in [5.74, 6) is -0.744. The molecule has 0 amide bonds. The fraction of sp³-hybridized carbons (Fsp3) is 0.0769. The van der Waals surface area contributed by atoms with Crippen molar-refractivity contribution < 1.29 is 14.3 Å². The zero-order valence-electron chi connectivity index (χ0n) is 9.44. The van der Waals surface area contributed by atoms with Gasteiger partial charge in [0.15, 0.2) is 0 Å². The Kier molecular flexibility index (Phi) is 3.21. The van der Waals surface area contributed by atoms with E-state index in [1.165, 1.54) is 37.3 Å². The molecule has 0 aliphatic heterocycles. The van der Waals surface area contributed by atoms with Gasteiger partial charge in [-0.2, -0.15) is 0 Å². The van der Waals surface area contributed by atoms with Crippen molar-refractivity contribution in [2.24, 2.45) is 0 Å². The zero-order chi connectivity index (χ0) is 13.3. The molecule has 0 saturated carbocycles. The molecule has 0 atom stereocenters. The topological polar surface area (TPSA) is 67.5 Å². The molecule has 4 nitrogen and oxygen atoms in total. The van der Waals surface area contributed by atoms with Crippen molar-refractivity contribution in [3.8, 4) is 5.75 Å². The van der Waals surface area contributed by atoms with Gasteiger partial charge in [0.1, 0.15) is 17.1 Å². The number of aryl methyl sites for hydroxylation is 1. The highest BCUT2D eigenvalue weighted by Gasteiger charge is 2.19. The third-order valence-electron chi connectivity index (χ3n) is 2.39. The van der Waals surface area contributed by atoms with Gasteiger partial charge in [0.25, 0.3) is 0 Å². The third-order valence-corrected chi connectivity index (χ3v) is 2.64. The molecule has 0 fully saturated rings. The molecule has 0 aliphatic rings. The Morgan fingerprint density at radius 1 is 1.28 bits per heavy atom. The third kappa shape index (κ3) is 2.28. The lowest BCUT2D eigenvalue weighted by atomic mass is 10.0. The number of hydrogen-bond acceptors (Lipinski definition) is 4. The average Bonchev–Trinajstić information content (AvgIpc) is 2.28. The summed E-state index contributed by atoms with van der Waals surface area (Å²) in [7, 11) is 0. The van der Waals surface area contributed by atoms with E-state index >= 15 is 0 Å². The van der Waals surface area contributed by atoms with Crippen LogP contribution in [0.4, 0.5) is 0 Å². The number of benzene rings is 1. The summed E-state index contributed by atoms with van der Waals surface area (Å²) in [6.07, 6.45) is 0. The van der Waals surface area contributed by atoms with E-state index in [-0.39, 0.29) is 22.6 Å². The maximum absolute atomic E-state index is 12.0. The van der Waals surface area contributed by atoms with Crippen LogP contribution in [0.2, 0.25) is 5.02 Å². The summed E-state index contributed by atoms with van der Waals surface area (Å²) in [6.45, 7) is 1.51. The van der Waals surface area contributed by atoms with E-state index in [4.69, 9.17) is 16.0 Å². The van der Waals surface area contributed by atoms with Gasteiger partial charge in [0, 0.05) is 16.7 Å². The van der Waals surface area contributed by atoms with Crippen molar-refractivity contribution in [3.63, 3.8) is 0 Å². The van der Waals surface area contributed by atoms with Gasteiger partial charge in [-0.15, -0.1) is 0 Å². The number of aromatic hydroxyl groups is 1. The maximum atomic E-state index is 12.0. The summed E-state index contributed by atoms with van der Waals surface area (Å²) >= 11 is 5.70. The van der Waals surface area contributed by atoms with Crippen LogP contribution in [0.3, 0.4) is 0 Å². The van der Waals surface area contributed by atoms with Crippen molar-refractivity contribution in [1.29, 1.82) is 0 Å². The minimum Gasteiger partial charge on any atom is -0.507 e. The van der Waals surface area contributed by atoms with E-state index in [1.54, 1.807) is 0 Å². The average molecular weight is 265 g/mol. The van der Waals surface area contributed by atoms with Crippen LogP contribution in [0.5, 0.6) is 5.75 Å². The van der Waals surface area contributed by atoms with Crippen LogP contribution in [0.25, 0.3) is 0 Å². The predicted octanol–water partition coefficient (Wildman–Crippen LogP) is 2.54. The lowest BCUT2D eigenvalue weighted by molar-refractivity contribution is 0.103. The van der Waals surface area contributed by atoms with Crippen molar-refractivity contribution in [3.05, 3.63) is 62.7 Å². The Hall–Kier alpha value is -2.07. The summed E-state index contributed by atoms with van der Waals surface area (Å²) in [4.78, 5) is 23.6. The molecule has 1 heterocycles. The van der Waals surface area contributed by atoms with Gasteiger partial charge < -0.3 is 9.52 Å². The van der Waals surface area contributed by atoms with Gasteiger partial charge in [-0.05, 0) is 31.2 Å². The van der Waals surface area contributed by atoms with Crippen molar-refractivity contribution >= 4 is 17.4 Å². The molecule has 1 aromatic carbocycles. The zero-order valence-corrected chi connectivity index (χ0v) is 10.2. The molecule has 0 unspecified atom stereocenters. The largest absolute Gasteiger partial charge is 0.507 e. The van der Waals surface area contributed by atoms with Crippen molar-refractivity contribution in [1.82, 2.24) is 0 Å². The highest BCUT2D eigenvalue weighted by molar-refractivity contribution is 6.30. The second-order valence-electron chi connectivity index (χ2n) is 3.74. The van der Waals surface area contributed by atoms with Gasteiger partial charge >= 0.3 is 5.63 Å². The first-order valence-corrected chi connectivity index (χ1v) is 5.51. The van der Waals surface area contributed by atoms with Crippen LogP contribution in [0.15, 0.2) is 39.5 Å². The Morgan fingerprint density at radius 2 is 1.89 bits per heavy atom. The smallest absolute Gasteiger partial charge is 0.351 e. The fourth-order valence-electron chi connectivity index (χ4n) is 1.55. The highest BCUT2D eigenvalue weighted by atomic mass is 35.5. The number of hydrogen-bond donors (Lipinski definition) is 1. The monoisotopic (exact) mass is 264 g/mol. The highest BCUT2D eigenvalue weighted by Crippen LogP contribution is 2.19. The molecule has 0 saturated heterocycles. The van der Waals surface area contributed by atoms with Gasteiger partial charge in [-0.25, -0.2) is 4.79 Å². The first-order chi connectivity index (χ1) is 8.49. The molecule has 0 bridgehead atoms. The molecule has 18 heavy (non-hydrogen) atoms. The standard InChI is InChI=1S/C13H9ClO4/c1-7-6-10(15)11(13(17)18-7)12(16)8-2-4-9(14)5-3-8/h2-6,15H,1H3. The molecule has 5 heteroatoms. The molecular formula is C13H9ClO4. The molecule has 2 aromatic rings. The predicted molar refractivity (Wildman–Crippen MR) is 66.3 cm³/mol. The molecule has 0 aliphatic carbocycles. The Morgan fingerprint density at radius 3 is 2.44 bits per heavy atom. The first-order valence-electron chi connectivity index (χ1n) is 5.13. The van der Waals surface area contributed by atoms with Crippen LogP contribution in [-0.4, -0.2) is 10.9 Å². The minimum atomic E-state index is -0.854. The van der Waals surface area contributed by atoms with Crippen LogP contribution < -0.4 is 5.63 Å². The molecule has 2 rings (SSSR count). The SMILES string of the molecule is Cc1cc(O)c(C(=O)c2ccc(Cl)cc2)c(=O)o1. The number of carbonyl (C=O) groups excluding carboxylic acids is 1. The number of rotatable bonds is 2. The molecular weight excluding hydrogens is 256 g/mol. The normalized spacial score (nSPS) is 10.3. The van der Waals surface area contributed by atoms with Crippen LogP contribution in [0.1, 0.15) is 21.7 Å². The van der Waals surface area contributed by atoms with Crippen molar-refractivity contribution in [2.45, 2.75) is 6.92 Å². The van der Waals surface area contributed by atoms with Gasteiger partial charge in [0.05, 0.1) is 0 Å². The molecule has 0 spiro atoms. The molecule has 1 N–H and O–H groups in total. The van der Waals surface area contributed by atoms with E-state index in [0.717, 1.165) is 0 Å². The maximum Gasteiger partial charge on any atom is 0.351 e. The molecule has 0 radical (unpaired) electrons. The van der Waals surface area contributed by atoms with Gasteiger partial charge in [-0.1, -0.05) is 11.6 Å². The van der Waals surface area contributed by atoms with E-state index in [2.05, 4.69) is 0 Å². The Labute approximate surface area is 107 Å². The number of ketones is 1. The van der Waals surface area contributed by atoms with E-state index in [0.29, 0.717) is 5.02 Å². The van der Waals surface area contributed by atoms with Crippen LogP contribution in [-0.2, 0) is 0 Å². The second kappa shape index (κ2) is 4.66. The lowest BCUT2D eigenvalue weighted by Gasteiger charge is -2.03. The van der Waals surface area contributed by atoms with Crippen molar-refractivity contribution in [2.75, 3.05) is 0 Å². The quantitative estimate of drug-likeness (QED) is 0.847. The Balaban J connectivity index is 2.53. The molecule has 92 valence electrons. The lowest BCUT2D eigenvalue weighted by Crippen LogP contribution is -2.15. The van der Waals surface area contributed by atoms with E-state index < -0.39 is 11.4 Å². The van der Waals surface area contributed by atoms with Gasteiger partial charge in [-0.3, -0.25) is 4.79 Å². The fourth-order valence-corrected chi connectivity index (χ4v) is 1.68. The van der Waals surface area contributed by atoms with E-state index in [1.807, 2.05) is 0 Å². The minimum absolute atomic E-state index is 0.241. The molecule has 1 aromatic heterocycles. The summed E-state index contributed by atoms with van der Waals surface area (Å²) < 4.78 is 4.79.